The largest absolute Gasteiger partial charge is 0.299 e. The first-order valence-corrected chi connectivity index (χ1v) is 10.8. The molecule has 2 unspecified atom stereocenters. The molecule has 0 bridgehead atoms. The van der Waals surface area contributed by atoms with Crippen LogP contribution in [0, 0.1) is 11.3 Å². The second-order valence-corrected chi connectivity index (χ2v) is 8.28. The maximum Gasteiger partial charge on any atom is 0.139 e. The van der Waals surface area contributed by atoms with Crippen molar-refractivity contribution in [2.75, 3.05) is 0 Å². The van der Waals surface area contributed by atoms with E-state index in [-0.39, 0.29) is 11.3 Å². The first-order chi connectivity index (χ1) is 11.7. The van der Waals surface area contributed by atoms with Gasteiger partial charge in [0, 0.05) is 24.2 Å². The molecule has 2 fully saturated rings. The van der Waals surface area contributed by atoms with Crippen molar-refractivity contribution < 1.29 is 9.59 Å². The number of carbonyl (C=O) groups excluding carboxylic acids is 2. The van der Waals surface area contributed by atoms with Gasteiger partial charge in [0.1, 0.15) is 11.6 Å². The van der Waals surface area contributed by atoms with Gasteiger partial charge in [0.2, 0.25) is 0 Å². The van der Waals surface area contributed by atoms with Gasteiger partial charge in [-0.1, -0.05) is 71.1 Å². The Kier molecular flexibility index (Phi) is 8.49. The molecule has 0 amide bonds. The van der Waals surface area contributed by atoms with E-state index >= 15 is 0 Å². The lowest BCUT2D eigenvalue weighted by atomic mass is 9.63. The van der Waals surface area contributed by atoms with Crippen molar-refractivity contribution >= 4 is 11.6 Å². The molecule has 0 aromatic heterocycles. The van der Waals surface area contributed by atoms with Crippen LogP contribution in [-0.4, -0.2) is 11.6 Å². The number of hydrogen-bond donors (Lipinski definition) is 0. The van der Waals surface area contributed by atoms with Gasteiger partial charge in [0.25, 0.3) is 0 Å². The first-order valence-electron chi connectivity index (χ1n) is 10.8. The van der Waals surface area contributed by atoms with Gasteiger partial charge in [-0.2, -0.15) is 0 Å². The van der Waals surface area contributed by atoms with E-state index < -0.39 is 0 Å². The number of Topliss-reactive ketones (excluding diaryl/α,β-unsaturated/α-hetero) is 2. The number of ketones is 2. The minimum atomic E-state index is -0.289. The summed E-state index contributed by atoms with van der Waals surface area (Å²) < 4.78 is 0. The second kappa shape index (κ2) is 10.4. The van der Waals surface area contributed by atoms with Gasteiger partial charge in [-0.05, 0) is 32.1 Å². The molecule has 2 atom stereocenters. The smallest absolute Gasteiger partial charge is 0.139 e. The van der Waals surface area contributed by atoms with E-state index in [1.54, 1.807) is 0 Å². The lowest BCUT2D eigenvalue weighted by Gasteiger charge is -2.38. The molecule has 0 saturated heterocycles. The van der Waals surface area contributed by atoms with Gasteiger partial charge in [-0.25, -0.2) is 0 Å². The summed E-state index contributed by atoms with van der Waals surface area (Å²) in [7, 11) is 0. The Labute approximate surface area is 149 Å². The van der Waals surface area contributed by atoms with Crippen molar-refractivity contribution in [1.82, 2.24) is 0 Å². The van der Waals surface area contributed by atoms with Crippen molar-refractivity contribution in [1.29, 1.82) is 0 Å². The molecule has 0 aliphatic heterocycles. The summed E-state index contributed by atoms with van der Waals surface area (Å²) in [5, 5.41) is 0. The fourth-order valence-corrected chi connectivity index (χ4v) is 5.06. The summed E-state index contributed by atoms with van der Waals surface area (Å²) in [6.07, 6.45) is 18.7. The first kappa shape index (κ1) is 19.7. The highest BCUT2D eigenvalue weighted by atomic mass is 16.1. The molecule has 2 aliphatic rings. The zero-order chi connectivity index (χ0) is 17.3. The van der Waals surface area contributed by atoms with Crippen LogP contribution in [0.4, 0.5) is 0 Å². The molecule has 2 nitrogen and oxygen atoms in total. The van der Waals surface area contributed by atoms with Crippen LogP contribution in [0.25, 0.3) is 0 Å². The number of rotatable bonds is 8. The molecule has 24 heavy (non-hydrogen) atoms. The minimum Gasteiger partial charge on any atom is -0.299 e. The summed E-state index contributed by atoms with van der Waals surface area (Å²) in [6.45, 7) is 2.25. The Balaban J connectivity index is 2.05. The maximum atomic E-state index is 13.1. The van der Waals surface area contributed by atoms with Gasteiger partial charge in [0.15, 0.2) is 0 Å². The Hall–Kier alpha value is -0.660. The average Bonchev–Trinajstić information content (AvgIpc) is 2.90. The predicted octanol–water partition coefficient (Wildman–Crippen LogP) is 6.41. The van der Waals surface area contributed by atoms with Crippen LogP contribution < -0.4 is 0 Å². The zero-order valence-electron chi connectivity index (χ0n) is 15.9. The Morgan fingerprint density at radius 1 is 0.833 bits per heavy atom. The molecule has 0 aromatic rings. The van der Waals surface area contributed by atoms with E-state index in [0.29, 0.717) is 11.6 Å². The third kappa shape index (κ3) is 5.17. The summed E-state index contributed by atoms with van der Waals surface area (Å²) >= 11 is 0. The number of carbonyl (C=O) groups is 2. The van der Waals surface area contributed by atoms with Crippen LogP contribution in [0.2, 0.25) is 0 Å². The van der Waals surface area contributed by atoms with Crippen molar-refractivity contribution in [2.45, 2.75) is 116 Å². The highest BCUT2D eigenvalue weighted by Crippen LogP contribution is 2.47. The van der Waals surface area contributed by atoms with Gasteiger partial charge in [-0.15, -0.1) is 0 Å². The van der Waals surface area contributed by atoms with E-state index in [1.807, 2.05) is 0 Å². The van der Waals surface area contributed by atoms with Crippen molar-refractivity contribution in [3.8, 4) is 0 Å². The van der Waals surface area contributed by atoms with Crippen LogP contribution in [0.15, 0.2) is 0 Å². The molecule has 0 heterocycles. The second-order valence-electron chi connectivity index (χ2n) is 8.28. The normalized spacial score (nSPS) is 29.3. The average molecular weight is 335 g/mol. The maximum absolute atomic E-state index is 13.1. The lowest BCUT2D eigenvalue weighted by molar-refractivity contribution is -0.141. The van der Waals surface area contributed by atoms with Gasteiger partial charge in [0.05, 0.1) is 0 Å². The highest BCUT2D eigenvalue weighted by molar-refractivity contribution is 5.93. The third-order valence-corrected chi connectivity index (χ3v) is 6.53. The molecule has 0 radical (unpaired) electrons. The predicted molar refractivity (Wildman–Crippen MR) is 100 cm³/mol. The molecule has 2 heteroatoms. The molecule has 2 saturated carbocycles. The van der Waals surface area contributed by atoms with E-state index in [2.05, 4.69) is 6.92 Å². The van der Waals surface area contributed by atoms with Crippen LogP contribution in [0.3, 0.4) is 0 Å². The van der Waals surface area contributed by atoms with E-state index in [9.17, 15) is 9.59 Å². The van der Waals surface area contributed by atoms with Crippen LogP contribution in [-0.2, 0) is 9.59 Å². The number of unbranched alkanes of at least 4 members (excludes halogenated alkanes) is 5. The highest BCUT2D eigenvalue weighted by Gasteiger charge is 2.47. The molecular weight excluding hydrogens is 296 g/mol. The standard InChI is InChI=1S/C22H38O2/c1-2-3-4-5-6-12-17-22(18-13-8-11-16-21(22)24)19-14-9-7-10-15-20(19)23/h19H,2-18H2,1H3. The summed E-state index contributed by atoms with van der Waals surface area (Å²) in [4.78, 5) is 25.9. The van der Waals surface area contributed by atoms with Crippen LogP contribution in [0.1, 0.15) is 116 Å². The van der Waals surface area contributed by atoms with Crippen molar-refractivity contribution in [3.05, 3.63) is 0 Å². The van der Waals surface area contributed by atoms with Gasteiger partial charge >= 0.3 is 0 Å². The quantitative estimate of drug-likeness (QED) is 0.380. The summed E-state index contributed by atoms with van der Waals surface area (Å²) in [5.41, 5.74) is -0.289. The molecule has 138 valence electrons. The lowest BCUT2D eigenvalue weighted by Crippen LogP contribution is -2.42. The van der Waals surface area contributed by atoms with Gasteiger partial charge in [-0.3, -0.25) is 9.59 Å². The Morgan fingerprint density at radius 3 is 2.38 bits per heavy atom. The Morgan fingerprint density at radius 2 is 1.54 bits per heavy atom. The molecule has 0 N–H and O–H groups in total. The monoisotopic (exact) mass is 334 g/mol. The van der Waals surface area contributed by atoms with Crippen LogP contribution in [0.5, 0.6) is 0 Å². The fourth-order valence-electron chi connectivity index (χ4n) is 5.06. The minimum absolute atomic E-state index is 0.0428. The molecule has 2 aliphatic carbocycles. The topological polar surface area (TPSA) is 34.1 Å². The number of hydrogen-bond acceptors (Lipinski definition) is 2. The Bertz CT molecular complexity index is 401. The third-order valence-electron chi connectivity index (χ3n) is 6.53. The molecule has 0 spiro atoms. The van der Waals surface area contributed by atoms with Crippen molar-refractivity contribution in [3.63, 3.8) is 0 Å². The molecular formula is C22H38O2. The van der Waals surface area contributed by atoms with Crippen molar-refractivity contribution in [2.24, 2.45) is 11.3 Å². The fraction of sp³-hybridized carbons (Fsp3) is 0.909. The summed E-state index contributed by atoms with van der Waals surface area (Å²) in [5.74, 6) is 0.892. The summed E-state index contributed by atoms with van der Waals surface area (Å²) in [6, 6.07) is 0. The molecule has 2 rings (SSSR count). The van der Waals surface area contributed by atoms with Gasteiger partial charge < -0.3 is 0 Å². The van der Waals surface area contributed by atoms with Crippen LogP contribution >= 0.6 is 0 Å². The zero-order valence-corrected chi connectivity index (χ0v) is 15.9. The van der Waals surface area contributed by atoms with E-state index in [0.717, 1.165) is 64.2 Å². The SMILES string of the molecule is CCCCCCCCC1(C2CCCCCC2=O)CCCCCC1=O. The molecule has 0 aromatic carbocycles. The van der Waals surface area contributed by atoms with E-state index in [1.165, 1.54) is 44.9 Å². The van der Waals surface area contributed by atoms with E-state index in [4.69, 9.17) is 0 Å².